The van der Waals surface area contributed by atoms with Crippen LogP contribution in [0.15, 0.2) is 36.4 Å². The molecule has 2 aliphatic heterocycles. The summed E-state index contributed by atoms with van der Waals surface area (Å²) in [5.41, 5.74) is 2.34. The SMILES string of the molecule is Cc1ccc(C(=O)NC2CCN(CC(=O)N3c4ccccc4CCC3C)CC2)s1. The fourth-order valence-corrected chi connectivity index (χ4v) is 5.15. The monoisotopic (exact) mass is 411 g/mol. The zero-order chi connectivity index (χ0) is 20.4. The lowest BCUT2D eigenvalue weighted by Crippen LogP contribution is -2.50. The Morgan fingerprint density at radius 2 is 1.86 bits per heavy atom. The Morgan fingerprint density at radius 1 is 1.10 bits per heavy atom. The van der Waals surface area contributed by atoms with E-state index in [2.05, 4.69) is 29.3 Å². The minimum Gasteiger partial charge on any atom is -0.349 e. The van der Waals surface area contributed by atoms with Crippen LogP contribution >= 0.6 is 11.3 Å². The fourth-order valence-electron chi connectivity index (χ4n) is 4.38. The van der Waals surface area contributed by atoms with Gasteiger partial charge in [0.25, 0.3) is 5.91 Å². The second-order valence-corrected chi connectivity index (χ2v) is 9.50. The van der Waals surface area contributed by atoms with E-state index in [1.54, 1.807) is 0 Å². The lowest BCUT2D eigenvalue weighted by molar-refractivity contribution is -0.120. The molecule has 2 aliphatic rings. The molecule has 2 amide bonds. The van der Waals surface area contributed by atoms with Crippen LogP contribution in [0.25, 0.3) is 0 Å². The number of carbonyl (C=O) groups excluding carboxylic acids is 2. The van der Waals surface area contributed by atoms with Crippen LogP contribution in [0.1, 0.15) is 46.3 Å². The number of amides is 2. The highest BCUT2D eigenvalue weighted by Crippen LogP contribution is 2.30. The molecule has 1 unspecified atom stereocenters. The van der Waals surface area contributed by atoms with Crippen LogP contribution in [-0.4, -0.2) is 48.4 Å². The highest BCUT2D eigenvalue weighted by Gasteiger charge is 2.30. The van der Waals surface area contributed by atoms with Gasteiger partial charge < -0.3 is 10.2 Å². The smallest absolute Gasteiger partial charge is 0.261 e. The molecule has 5 nitrogen and oxygen atoms in total. The number of hydrogen-bond donors (Lipinski definition) is 1. The van der Waals surface area contributed by atoms with Gasteiger partial charge in [-0.25, -0.2) is 0 Å². The average Bonchev–Trinajstić information content (AvgIpc) is 3.16. The van der Waals surface area contributed by atoms with Gasteiger partial charge in [-0.1, -0.05) is 18.2 Å². The summed E-state index contributed by atoms with van der Waals surface area (Å²) in [6, 6.07) is 12.6. The number of carbonyl (C=O) groups is 2. The van der Waals surface area contributed by atoms with Gasteiger partial charge >= 0.3 is 0 Å². The van der Waals surface area contributed by atoms with Gasteiger partial charge in [0.05, 0.1) is 11.4 Å². The molecule has 2 aromatic rings. The first-order valence-electron chi connectivity index (χ1n) is 10.5. The topological polar surface area (TPSA) is 52.7 Å². The van der Waals surface area contributed by atoms with E-state index in [1.165, 1.54) is 16.9 Å². The van der Waals surface area contributed by atoms with Crippen molar-refractivity contribution >= 4 is 28.8 Å². The minimum atomic E-state index is 0.0244. The molecule has 154 valence electrons. The molecule has 0 radical (unpaired) electrons. The van der Waals surface area contributed by atoms with E-state index in [9.17, 15) is 9.59 Å². The quantitative estimate of drug-likeness (QED) is 0.836. The Morgan fingerprint density at radius 3 is 2.59 bits per heavy atom. The number of para-hydroxylation sites is 1. The summed E-state index contributed by atoms with van der Waals surface area (Å²) < 4.78 is 0. The Balaban J connectivity index is 1.31. The van der Waals surface area contributed by atoms with Gasteiger partial charge in [0, 0.05) is 35.7 Å². The maximum Gasteiger partial charge on any atom is 0.261 e. The summed E-state index contributed by atoms with van der Waals surface area (Å²) in [6.45, 7) is 6.28. The number of nitrogens with zero attached hydrogens (tertiary/aromatic N) is 2. The van der Waals surface area contributed by atoms with Crippen LogP contribution in [0.2, 0.25) is 0 Å². The number of aryl methyl sites for hydroxylation is 2. The lowest BCUT2D eigenvalue weighted by Gasteiger charge is -2.38. The number of likely N-dealkylation sites (tertiary alicyclic amines) is 1. The van der Waals surface area contributed by atoms with Gasteiger partial charge in [-0.2, -0.15) is 0 Å². The third-order valence-electron chi connectivity index (χ3n) is 6.04. The summed E-state index contributed by atoms with van der Waals surface area (Å²) in [7, 11) is 0. The first kappa shape index (κ1) is 20.1. The van der Waals surface area contributed by atoms with Crippen molar-refractivity contribution in [2.75, 3.05) is 24.5 Å². The van der Waals surface area contributed by atoms with Crippen LogP contribution in [0.3, 0.4) is 0 Å². The number of thiophene rings is 1. The maximum absolute atomic E-state index is 13.1. The summed E-state index contributed by atoms with van der Waals surface area (Å²) >= 11 is 1.53. The number of anilines is 1. The van der Waals surface area contributed by atoms with Crippen LogP contribution in [0.5, 0.6) is 0 Å². The first-order chi connectivity index (χ1) is 14.0. The van der Waals surface area contributed by atoms with E-state index in [4.69, 9.17) is 0 Å². The van der Waals surface area contributed by atoms with Gasteiger partial charge in [0.1, 0.15) is 0 Å². The van der Waals surface area contributed by atoms with E-state index in [-0.39, 0.29) is 23.9 Å². The van der Waals surface area contributed by atoms with Gasteiger partial charge in [0.15, 0.2) is 0 Å². The molecule has 4 rings (SSSR count). The second kappa shape index (κ2) is 8.67. The number of benzene rings is 1. The number of hydrogen-bond acceptors (Lipinski definition) is 4. The molecular formula is C23H29N3O2S. The van der Waals surface area contributed by atoms with Gasteiger partial charge in [-0.05, 0) is 63.3 Å². The van der Waals surface area contributed by atoms with E-state index in [0.717, 1.165) is 54.2 Å². The minimum absolute atomic E-state index is 0.0244. The zero-order valence-corrected chi connectivity index (χ0v) is 18.0. The van der Waals surface area contributed by atoms with Crippen LogP contribution < -0.4 is 10.2 Å². The number of fused-ring (bicyclic) bond motifs is 1. The summed E-state index contributed by atoms with van der Waals surface area (Å²) in [5, 5.41) is 3.16. The molecule has 1 fully saturated rings. The predicted octanol–water partition coefficient (Wildman–Crippen LogP) is 3.62. The molecule has 29 heavy (non-hydrogen) atoms. The highest BCUT2D eigenvalue weighted by molar-refractivity contribution is 7.13. The molecule has 1 aromatic carbocycles. The lowest BCUT2D eigenvalue weighted by atomic mass is 9.96. The Hall–Kier alpha value is -2.18. The van der Waals surface area contributed by atoms with Crippen molar-refractivity contribution in [3.8, 4) is 0 Å². The Labute approximate surface area is 176 Å². The number of rotatable bonds is 4. The van der Waals surface area contributed by atoms with Gasteiger partial charge in [0.2, 0.25) is 5.91 Å². The summed E-state index contributed by atoms with van der Waals surface area (Å²) in [4.78, 5) is 31.6. The molecule has 0 bridgehead atoms. The molecule has 0 spiro atoms. The number of piperidine rings is 1. The molecule has 1 aromatic heterocycles. The van der Waals surface area contributed by atoms with Gasteiger partial charge in [-0.3, -0.25) is 14.5 Å². The average molecular weight is 412 g/mol. The summed E-state index contributed by atoms with van der Waals surface area (Å²) in [6.07, 6.45) is 3.82. The van der Waals surface area contributed by atoms with Crippen molar-refractivity contribution < 1.29 is 9.59 Å². The molecule has 1 N–H and O–H groups in total. The van der Waals surface area contributed by atoms with E-state index >= 15 is 0 Å². The molecule has 0 aliphatic carbocycles. The molecule has 1 atom stereocenters. The van der Waals surface area contributed by atoms with Gasteiger partial charge in [-0.15, -0.1) is 11.3 Å². The third-order valence-corrected chi connectivity index (χ3v) is 7.04. The van der Waals surface area contributed by atoms with Crippen molar-refractivity contribution in [2.45, 2.75) is 51.6 Å². The molecular weight excluding hydrogens is 382 g/mol. The second-order valence-electron chi connectivity index (χ2n) is 8.21. The predicted molar refractivity (Wildman–Crippen MR) is 118 cm³/mol. The van der Waals surface area contributed by atoms with E-state index in [0.29, 0.717) is 6.54 Å². The largest absolute Gasteiger partial charge is 0.349 e. The van der Waals surface area contributed by atoms with Crippen molar-refractivity contribution in [1.82, 2.24) is 10.2 Å². The summed E-state index contributed by atoms with van der Waals surface area (Å²) in [5.74, 6) is 0.206. The van der Waals surface area contributed by atoms with Crippen molar-refractivity contribution in [2.24, 2.45) is 0 Å². The Bertz CT molecular complexity index is 886. The molecule has 1 saturated heterocycles. The van der Waals surface area contributed by atoms with Crippen LogP contribution in [0.4, 0.5) is 5.69 Å². The third kappa shape index (κ3) is 4.54. The van der Waals surface area contributed by atoms with Crippen molar-refractivity contribution in [3.63, 3.8) is 0 Å². The standard InChI is InChI=1S/C23H29N3O2S/c1-16-7-9-18-5-3-4-6-20(18)26(16)22(27)15-25-13-11-19(12-14-25)24-23(28)21-10-8-17(2)29-21/h3-6,8,10,16,19H,7,9,11-15H2,1-2H3,(H,24,28). The fraction of sp³-hybridized carbons (Fsp3) is 0.478. The molecule has 6 heteroatoms. The molecule has 3 heterocycles. The van der Waals surface area contributed by atoms with E-state index in [1.807, 2.05) is 36.1 Å². The van der Waals surface area contributed by atoms with Crippen molar-refractivity contribution in [3.05, 3.63) is 51.7 Å². The first-order valence-corrected chi connectivity index (χ1v) is 11.3. The molecule has 0 saturated carbocycles. The van der Waals surface area contributed by atoms with Crippen LogP contribution in [-0.2, 0) is 11.2 Å². The highest BCUT2D eigenvalue weighted by atomic mass is 32.1. The zero-order valence-electron chi connectivity index (χ0n) is 17.2. The maximum atomic E-state index is 13.1. The number of nitrogens with one attached hydrogen (secondary N) is 1. The van der Waals surface area contributed by atoms with Crippen LogP contribution in [0, 0.1) is 6.92 Å². The normalized spacial score (nSPS) is 20.3. The van der Waals surface area contributed by atoms with E-state index < -0.39 is 0 Å². The Kier molecular flexibility index (Phi) is 6.01. The van der Waals surface area contributed by atoms with Crippen molar-refractivity contribution in [1.29, 1.82) is 0 Å².